The molecule has 5 heteroatoms. The van der Waals surface area contributed by atoms with Gasteiger partial charge in [-0.1, -0.05) is 13.0 Å². The summed E-state index contributed by atoms with van der Waals surface area (Å²) in [5, 5.41) is 7.44. The van der Waals surface area contributed by atoms with Crippen molar-refractivity contribution in [1.29, 1.82) is 0 Å². The fourth-order valence-electron chi connectivity index (χ4n) is 1.59. The molecule has 96 valence electrons. The van der Waals surface area contributed by atoms with E-state index in [1.54, 1.807) is 12.4 Å². The van der Waals surface area contributed by atoms with Gasteiger partial charge in [0.05, 0.1) is 12.4 Å². The minimum Gasteiger partial charge on any atom is -0.435 e. The molecule has 0 aliphatic heterocycles. The van der Waals surface area contributed by atoms with E-state index in [9.17, 15) is 0 Å². The van der Waals surface area contributed by atoms with E-state index in [0.29, 0.717) is 11.6 Å². The largest absolute Gasteiger partial charge is 0.435 e. The smallest absolute Gasteiger partial charge is 0.223 e. The highest BCUT2D eigenvalue weighted by atomic mass is 16.5. The van der Waals surface area contributed by atoms with Crippen molar-refractivity contribution in [2.75, 3.05) is 6.54 Å². The average molecular weight is 246 g/mol. The molecule has 0 spiro atoms. The summed E-state index contributed by atoms with van der Waals surface area (Å²) in [6.45, 7) is 6.61. The molecule has 0 amide bonds. The van der Waals surface area contributed by atoms with Crippen LogP contribution in [0.3, 0.4) is 0 Å². The van der Waals surface area contributed by atoms with Crippen LogP contribution in [0.25, 0.3) is 0 Å². The van der Waals surface area contributed by atoms with Crippen LogP contribution in [0.15, 0.2) is 30.7 Å². The monoisotopic (exact) mass is 246 g/mol. The van der Waals surface area contributed by atoms with E-state index in [1.807, 2.05) is 29.9 Å². The van der Waals surface area contributed by atoms with E-state index in [-0.39, 0.29) is 0 Å². The maximum absolute atomic E-state index is 5.75. The Morgan fingerprint density at radius 2 is 2.28 bits per heavy atom. The Bertz CT molecular complexity index is 495. The first-order valence-electron chi connectivity index (χ1n) is 6.18. The van der Waals surface area contributed by atoms with Gasteiger partial charge in [-0.2, -0.15) is 5.10 Å². The summed E-state index contributed by atoms with van der Waals surface area (Å²) in [4.78, 5) is 4.26. The van der Waals surface area contributed by atoms with Crippen LogP contribution >= 0.6 is 0 Å². The van der Waals surface area contributed by atoms with Crippen LogP contribution in [0.2, 0.25) is 0 Å². The van der Waals surface area contributed by atoms with Crippen LogP contribution in [-0.2, 0) is 13.1 Å². The lowest BCUT2D eigenvalue weighted by Crippen LogP contribution is -2.12. The average Bonchev–Trinajstić information content (AvgIpc) is 2.85. The summed E-state index contributed by atoms with van der Waals surface area (Å²) in [6, 6.07) is 3.92. The zero-order chi connectivity index (χ0) is 12.8. The number of pyridine rings is 1. The summed E-state index contributed by atoms with van der Waals surface area (Å²) in [5.74, 6) is 1.35. The Kier molecular flexibility index (Phi) is 4.30. The Hall–Kier alpha value is -1.88. The Labute approximate surface area is 107 Å². The van der Waals surface area contributed by atoms with Gasteiger partial charge in [-0.25, -0.2) is 4.98 Å². The molecule has 0 saturated carbocycles. The molecule has 1 N–H and O–H groups in total. The van der Waals surface area contributed by atoms with E-state index < -0.39 is 0 Å². The lowest BCUT2D eigenvalue weighted by Gasteiger charge is -2.08. The second kappa shape index (κ2) is 6.16. The van der Waals surface area contributed by atoms with E-state index in [0.717, 1.165) is 25.2 Å². The molecule has 5 nitrogen and oxygen atoms in total. The topological polar surface area (TPSA) is 52.0 Å². The van der Waals surface area contributed by atoms with E-state index >= 15 is 0 Å². The molecule has 0 radical (unpaired) electrons. The Balaban J connectivity index is 2.12. The van der Waals surface area contributed by atoms with Crippen molar-refractivity contribution in [3.05, 3.63) is 36.3 Å². The van der Waals surface area contributed by atoms with E-state index in [2.05, 4.69) is 22.3 Å². The third-order valence-electron chi connectivity index (χ3n) is 2.56. The molecule has 2 rings (SSSR count). The number of hydrogen-bond donors (Lipinski definition) is 1. The standard InChI is InChI=1S/C13H18N4O/c1-3-14-8-11-6-5-7-15-13(11)18-12-9-16-17(4-2)10-12/h5-7,9-10,14H,3-4,8H2,1-2H3. The quantitative estimate of drug-likeness (QED) is 0.849. The zero-order valence-electron chi connectivity index (χ0n) is 10.8. The maximum atomic E-state index is 5.75. The van der Waals surface area contributed by atoms with E-state index in [4.69, 9.17) is 4.74 Å². The van der Waals surface area contributed by atoms with Gasteiger partial charge in [0.25, 0.3) is 0 Å². The fraction of sp³-hybridized carbons (Fsp3) is 0.385. The van der Waals surface area contributed by atoms with Gasteiger partial charge in [0.15, 0.2) is 5.75 Å². The summed E-state index contributed by atoms with van der Waals surface area (Å²) < 4.78 is 7.58. The first kappa shape index (κ1) is 12.6. The molecular weight excluding hydrogens is 228 g/mol. The normalized spacial score (nSPS) is 10.6. The first-order valence-corrected chi connectivity index (χ1v) is 6.18. The number of aryl methyl sites for hydroxylation is 1. The van der Waals surface area contributed by atoms with Crippen molar-refractivity contribution in [3.8, 4) is 11.6 Å². The summed E-state index contributed by atoms with van der Waals surface area (Å²) in [6.07, 6.45) is 5.30. The number of hydrogen-bond acceptors (Lipinski definition) is 4. The lowest BCUT2D eigenvalue weighted by molar-refractivity contribution is 0.452. The van der Waals surface area contributed by atoms with Gasteiger partial charge < -0.3 is 10.1 Å². The minimum atomic E-state index is 0.633. The molecule has 0 fully saturated rings. The van der Waals surface area contributed by atoms with Crippen molar-refractivity contribution >= 4 is 0 Å². The van der Waals surface area contributed by atoms with Crippen molar-refractivity contribution in [1.82, 2.24) is 20.1 Å². The number of nitrogens with zero attached hydrogens (tertiary/aromatic N) is 3. The summed E-state index contributed by atoms with van der Waals surface area (Å²) in [7, 11) is 0. The second-order valence-corrected chi connectivity index (χ2v) is 3.88. The SMILES string of the molecule is CCNCc1cccnc1Oc1cnn(CC)c1. The second-order valence-electron chi connectivity index (χ2n) is 3.88. The minimum absolute atomic E-state index is 0.633. The van der Waals surface area contributed by atoms with Crippen LogP contribution in [-0.4, -0.2) is 21.3 Å². The maximum Gasteiger partial charge on any atom is 0.223 e. The zero-order valence-corrected chi connectivity index (χ0v) is 10.8. The molecule has 0 bridgehead atoms. The van der Waals surface area contributed by atoms with Crippen molar-refractivity contribution < 1.29 is 4.74 Å². The van der Waals surface area contributed by atoms with Crippen LogP contribution in [0.4, 0.5) is 0 Å². The summed E-state index contributed by atoms with van der Waals surface area (Å²) in [5.41, 5.74) is 1.04. The molecule has 2 heterocycles. The fourth-order valence-corrected chi connectivity index (χ4v) is 1.59. The molecule has 2 aromatic rings. The van der Waals surface area contributed by atoms with Gasteiger partial charge in [0.1, 0.15) is 0 Å². The van der Waals surface area contributed by atoms with Gasteiger partial charge in [-0.05, 0) is 19.5 Å². The van der Waals surface area contributed by atoms with Gasteiger partial charge in [0, 0.05) is 24.8 Å². The van der Waals surface area contributed by atoms with Gasteiger partial charge in [-0.15, -0.1) is 0 Å². The first-order chi connectivity index (χ1) is 8.83. The highest BCUT2D eigenvalue weighted by Gasteiger charge is 2.06. The molecular formula is C13H18N4O. The number of rotatable bonds is 6. The van der Waals surface area contributed by atoms with Gasteiger partial charge in [-0.3, -0.25) is 4.68 Å². The van der Waals surface area contributed by atoms with Gasteiger partial charge in [0.2, 0.25) is 5.88 Å². The van der Waals surface area contributed by atoms with Crippen LogP contribution in [0, 0.1) is 0 Å². The predicted molar refractivity (Wildman–Crippen MR) is 69.6 cm³/mol. The van der Waals surface area contributed by atoms with Crippen LogP contribution in [0.5, 0.6) is 11.6 Å². The molecule has 0 unspecified atom stereocenters. The highest BCUT2D eigenvalue weighted by molar-refractivity contribution is 5.29. The van der Waals surface area contributed by atoms with Crippen LogP contribution < -0.4 is 10.1 Å². The van der Waals surface area contributed by atoms with Gasteiger partial charge >= 0.3 is 0 Å². The molecule has 0 atom stereocenters. The number of nitrogens with one attached hydrogen (secondary N) is 1. The molecule has 18 heavy (non-hydrogen) atoms. The lowest BCUT2D eigenvalue weighted by atomic mass is 10.2. The molecule has 0 aliphatic rings. The Morgan fingerprint density at radius 3 is 3.00 bits per heavy atom. The molecule has 0 saturated heterocycles. The van der Waals surface area contributed by atoms with E-state index in [1.165, 1.54) is 0 Å². The number of ether oxygens (including phenoxy) is 1. The van der Waals surface area contributed by atoms with Crippen molar-refractivity contribution in [2.24, 2.45) is 0 Å². The number of aromatic nitrogens is 3. The van der Waals surface area contributed by atoms with Crippen molar-refractivity contribution in [3.63, 3.8) is 0 Å². The molecule has 0 aliphatic carbocycles. The third kappa shape index (κ3) is 3.07. The predicted octanol–water partition coefficient (Wildman–Crippen LogP) is 2.20. The Morgan fingerprint density at radius 1 is 1.39 bits per heavy atom. The van der Waals surface area contributed by atoms with Crippen molar-refractivity contribution in [2.45, 2.75) is 26.9 Å². The summed E-state index contributed by atoms with van der Waals surface area (Å²) >= 11 is 0. The third-order valence-corrected chi connectivity index (χ3v) is 2.56. The van der Waals surface area contributed by atoms with Crippen LogP contribution in [0.1, 0.15) is 19.4 Å². The highest BCUT2D eigenvalue weighted by Crippen LogP contribution is 2.22. The molecule has 2 aromatic heterocycles. The molecule has 0 aromatic carbocycles.